The topological polar surface area (TPSA) is 150 Å². The van der Waals surface area contributed by atoms with Crippen molar-refractivity contribution in [2.24, 2.45) is 0 Å². The second-order valence-electron chi connectivity index (χ2n) is 6.32. The molecule has 0 aliphatic carbocycles. The molecule has 1 aromatic carbocycles. The number of nitrogens with one attached hydrogen (secondary N) is 2. The maximum absolute atomic E-state index is 12.4. The van der Waals surface area contributed by atoms with E-state index in [-0.39, 0.29) is 27.8 Å². The molecule has 2 heterocycles. The summed E-state index contributed by atoms with van der Waals surface area (Å²) in [7, 11) is 1.30. The molecular formula is C20H17N3O8S. The van der Waals surface area contributed by atoms with Gasteiger partial charge in [0.05, 0.1) is 35.1 Å². The number of non-ortho nitro benzene ring substituents is 1. The van der Waals surface area contributed by atoms with E-state index in [0.29, 0.717) is 10.6 Å². The van der Waals surface area contributed by atoms with Crippen LogP contribution in [0.15, 0.2) is 47.1 Å². The Balaban J connectivity index is 1.59. The van der Waals surface area contributed by atoms with Gasteiger partial charge in [-0.15, -0.1) is 11.3 Å². The van der Waals surface area contributed by atoms with Gasteiger partial charge in [0, 0.05) is 6.07 Å². The molecule has 12 heteroatoms. The van der Waals surface area contributed by atoms with E-state index in [4.69, 9.17) is 13.9 Å². The third-order valence-corrected chi connectivity index (χ3v) is 5.22. The lowest BCUT2D eigenvalue weighted by Gasteiger charge is -2.10. The van der Waals surface area contributed by atoms with Crippen LogP contribution in [0.25, 0.3) is 0 Å². The largest absolute Gasteiger partial charge is 0.494 e. The Kier molecular flexibility index (Phi) is 6.85. The molecule has 0 fully saturated rings. The van der Waals surface area contributed by atoms with E-state index in [9.17, 15) is 24.5 Å². The molecule has 2 amide bonds. The maximum Gasteiger partial charge on any atom is 0.349 e. The fourth-order valence-corrected chi connectivity index (χ4v) is 3.57. The van der Waals surface area contributed by atoms with Gasteiger partial charge in [-0.3, -0.25) is 19.7 Å². The van der Waals surface area contributed by atoms with Gasteiger partial charge in [0.2, 0.25) is 0 Å². The predicted molar refractivity (Wildman–Crippen MR) is 114 cm³/mol. The van der Waals surface area contributed by atoms with E-state index in [1.54, 1.807) is 19.1 Å². The van der Waals surface area contributed by atoms with Crippen LogP contribution in [0.3, 0.4) is 0 Å². The quantitative estimate of drug-likeness (QED) is 0.295. The third kappa shape index (κ3) is 5.29. The van der Waals surface area contributed by atoms with Crippen molar-refractivity contribution in [2.75, 3.05) is 24.4 Å². The Labute approximate surface area is 185 Å². The smallest absolute Gasteiger partial charge is 0.349 e. The summed E-state index contributed by atoms with van der Waals surface area (Å²) in [6.07, 6.45) is 1.37. The van der Waals surface area contributed by atoms with E-state index in [1.165, 1.54) is 31.6 Å². The number of aryl methyl sites for hydroxylation is 1. The first-order chi connectivity index (χ1) is 15.3. The van der Waals surface area contributed by atoms with Gasteiger partial charge in [-0.2, -0.15) is 0 Å². The third-order valence-electron chi connectivity index (χ3n) is 4.09. The molecule has 32 heavy (non-hydrogen) atoms. The molecule has 0 atom stereocenters. The second-order valence-corrected chi connectivity index (χ2v) is 7.37. The minimum absolute atomic E-state index is 0.0879. The first-order valence-corrected chi connectivity index (χ1v) is 9.85. The molecule has 3 rings (SSSR count). The van der Waals surface area contributed by atoms with Crippen molar-refractivity contribution in [1.82, 2.24) is 0 Å². The van der Waals surface area contributed by atoms with E-state index in [1.807, 2.05) is 0 Å². The number of carbonyl (C=O) groups is 3. The summed E-state index contributed by atoms with van der Waals surface area (Å²) in [6.45, 7) is 1.07. The fourth-order valence-electron chi connectivity index (χ4n) is 2.61. The number of hydrogen-bond acceptors (Lipinski definition) is 9. The molecule has 166 valence electrons. The van der Waals surface area contributed by atoms with Crippen molar-refractivity contribution in [2.45, 2.75) is 6.92 Å². The van der Waals surface area contributed by atoms with Crippen LogP contribution in [-0.4, -0.2) is 36.4 Å². The number of nitro groups is 1. The van der Waals surface area contributed by atoms with E-state index < -0.39 is 29.3 Å². The van der Waals surface area contributed by atoms with Crippen LogP contribution in [0.4, 0.5) is 16.4 Å². The molecule has 0 bridgehead atoms. The Morgan fingerprint density at radius 3 is 2.62 bits per heavy atom. The van der Waals surface area contributed by atoms with Crippen LogP contribution in [-0.2, 0) is 9.53 Å². The number of thiophene rings is 1. The fraction of sp³-hybridized carbons (Fsp3) is 0.150. The number of hydrogen-bond donors (Lipinski definition) is 2. The summed E-state index contributed by atoms with van der Waals surface area (Å²) in [4.78, 5) is 47.1. The van der Waals surface area contributed by atoms with Crippen molar-refractivity contribution in [3.63, 3.8) is 0 Å². The number of nitro benzene ring substituents is 1. The normalized spacial score (nSPS) is 10.3. The molecular weight excluding hydrogens is 442 g/mol. The lowest BCUT2D eigenvalue weighted by atomic mass is 10.2. The number of anilines is 2. The van der Waals surface area contributed by atoms with Crippen molar-refractivity contribution >= 4 is 45.5 Å². The van der Waals surface area contributed by atoms with Crippen LogP contribution in [0.2, 0.25) is 0 Å². The van der Waals surface area contributed by atoms with Crippen LogP contribution in [0.5, 0.6) is 5.75 Å². The molecule has 2 aromatic heterocycles. The number of amides is 2. The number of methoxy groups -OCH3 is 1. The number of esters is 1. The summed E-state index contributed by atoms with van der Waals surface area (Å²) in [6, 6.07) is 8.36. The molecule has 0 saturated heterocycles. The number of nitrogens with zero attached hydrogens (tertiary/aromatic N) is 1. The molecule has 0 aliphatic heterocycles. The van der Waals surface area contributed by atoms with Crippen molar-refractivity contribution in [1.29, 1.82) is 0 Å². The number of ether oxygens (including phenoxy) is 2. The Bertz CT molecular complexity index is 1170. The van der Waals surface area contributed by atoms with E-state index in [0.717, 1.165) is 17.4 Å². The van der Waals surface area contributed by atoms with Crippen LogP contribution in [0.1, 0.15) is 25.8 Å². The molecule has 0 unspecified atom stereocenters. The standard InChI is InChI=1S/C20H17N3O8S/c1-11-8-17(22-19(25)14-4-3-7-30-14)32-18(11)20(26)31-10-16(24)21-13-6-5-12(23(27)28)9-15(13)29-2/h3-9H,10H2,1-2H3,(H,21,24)(H,22,25). The van der Waals surface area contributed by atoms with Crippen molar-refractivity contribution in [3.05, 3.63) is 69.0 Å². The highest BCUT2D eigenvalue weighted by molar-refractivity contribution is 7.18. The Hall–Kier alpha value is -4.19. The summed E-state index contributed by atoms with van der Waals surface area (Å²) in [5, 5.41) is 16.3. The maximum atomic E-state index is 12.4. The first kappa shape index (κ1) is 22.5. The van der Waals surface area contributed by atoms with Gasteiger partial charge < -0.3 is 24.5 Å². The van der Waals surface area contributed by atoms with Crippen LogP contribution >= 0.6 is 11.3 Å². The van der Waals surface area contributed by atoms with Gasteiger partial charge in [0.1, 0.15) is 10.6 Å². The predicted octanol–water partition coefficient (Wildman–Crippen LogP) is 3.61. The first-order valence-electron chi connectivity index (χ1n) is 9.03. The Morgan fingerprint density at radius 2 is 1.97 bits per heavy atom. The lowest BCUT2D eigenvalue weighted by molar-refractivity contribution is -0.384. The second kappa shape index (κ2) is 9.75. The van der Waals surface area contributed by atoms with Crippen molar-refractivity contribution in [3.8, 4) is 5.75 Å². The number of rotatable bonds is 8. The lowest BCUT2D eigenvalue weighted by Crippen LogP contribution is -2.21. The number of benzene rings is 1. The summed E-state index contributed by atoms with van der Waals surface area (Å²) in [5.41, 5.74) is 0.552. The molecule has 3 aromatic rings. The van der Waals surface area contributed by atoms with E-state index in [2.05, 4.69) is 10.6 Å². The summed E-state index contributed by atoms with van der Waals surface area (Å²) in [5.74, 6) is -1.65. The van der Waals surface area contributed by atoms with E-state index >= 15 is 0 Å². The average molecular weight is 459 g/mol. The number of furan rings is 1. The summed E-state index contributed by atoms with van der Waals surface area (Å²) >= 11 is 0.996. The molecule has 0 saturated carbocycles. The molecule has 2 N–H and O–H groups in total. The highest BCUT2D eigenvalue weighted by Crippen LogP contribution is 2.29. The number of carbonyl (C=O) groups excluding carboxylic acids is 3. The highest BCUT2D eigenvalue weighted by atomic mass is 32.1. The zero-order valence-corrected chi connectivity index (χ0v) is 17.7. The van der Waals surface area contributed by atoms with Gasteiger partial charge in [0.15, 0.2) is 12.4 Å². The van der Waals surface area contributed by atoms with Crippen molar-refractivity contribution < 1.29 is 33.2 Å². The van der Waals surface area contributed by atoms with Gasteiger partial charge in [-0.25, -0.2) is 4.79 Å². The zero-order valence-electron chi connectivity index (χ0n) is 16.9. The summed E-state index contributed by atoms with van der Waals surface area (Å²) < 4.78 is 15.1. The van der Waals surface area contributed by atoms with Gasteiger partial charge in [-0.1, -0.05) is 0 Å². The van der Waals surface area contributed by atoms with Gasteiger partial charge in [-0.05, 0) is 36.8 Å². The van der Waals surface area contributed by atoms with Crippen LogP contribution < -0.4 is 15.4 Å². The monoisotopic (exact) mass is 459 g/mol. The van der Waals surface area contributed by atoms with Crippen LogP contribution in [0, 0.1) is 17.0 Å². The molecule has 0 spiro atoms. The van der Waals surface area contributed by atoms with Gasteiger partial charge in [0.25, 0.3) is 17.5 Å². The Morgan fingerprint density at radius 1 is 1.19 bits per heavy atom. The molecule has 0 aliphatic rings. The molecule has 0 radical (unpaired) electrons. The minimum Gasteiger partial charge on any atom is -0.494 e. The molecule has 11 nitrogen and oxygen atoms in total. The SMILES string of the molecule is COc1cc([N+](=O)[O-])ccc1NC(=O)COC(=O)c1sc(NC(=O)c2ccco2)cc1C. The average Bonchev–Trinajstić information content (AvgIpc) is 3.42. The minimum atomic E-state index is -0.739. The highest BCUT2D eigenvalue weighted by Gasteiger charge is 2.19. The zero-order chi connectivity index (χ0) is 23.3. The van der Waals surface area contributed by atoms with Gasteiger partial charge >= 0.3 is 5.97 Å².